The lowest BCUT2D eigenvalue weighted by atomic mass is 9.34. The molecular weight excluding hydrogens is 436 g/mol. The molecule has 3 saturated carbocycles. The minimum Gasteiger partial charge on any atom is -0.369 e. The third-order valence-electron chi connectivity index (χ3n) is 12.2. The molecule has 1 amide bonds. The molecule has 35 heavy (non-hydrogen) atoms. The lowest BCUT2D eigenvalue weighted by Crippen LogP contribution is -2.64. The Labute approximate surface area is 209 Å². The van der Waals surface area contributed by atoms with Gasteiger partial charge in [0.15, 0.2) is 11.6 Å². The summed E-state index contributed by atoms with van der Waals surface area (Å²) < 4.78 is 0. The first-order valence-corrected chi connectivity index (χ1v) is 13.4. The van der Waals surface area contributed by atoms with Crippen LogP contribution in [0, 0.1) is 62.1 Å². The van der Waals surface area contributed by atoms with Crippen LogP contribution in [0.3, 0.4) is 0 Å². The monoisotopic (exact) mass is 476 g/mol. The SMILES string of the molecule is CC1(C)C(=O)C(C#N)=C[C@]2(C)C3=CC(=O)C4C5C[C@@H](C(N)=O)CC[C@]5(C)CC[C@@]4(C)[C@]3(C)CC[C@@H]12. The highest BCUT2D eigenvalue weighted by molar-refractivity contribution is 6.04. The largest absolute Gasteiger partial charge is 0.369 e. The molecule has 8 atom stereocenters. The summed E-state index contributed by atoms with van der Waals surface area (Å²) in [5.41, 5.74) is 5.54. The fourth-order valence-electron chi connectivity index (χ4n) is 9.81. The molecule has 5 heteroatoms. The van der Waals surface area contributed by atoms with E-state index in [1.807, 2.05) is 26.0 Å². The molecule has 5 rings (SSSR count). The molecule has 2 N–H and O–H groups in total. The highest BCUT2D eigenvalue weighted by Gasteiger charge is 2.69. The lowest BCUT2D eigenvalue weighted by Gasteiger charge is -2.68. The summed E-state index contributed by atoms with van der Waals surface area (Å²) in [5.74, 6) is -0.225. The van der Waals surface area contributed by atoms with Crippen LogP contribution in [0.25, 0.3) is 0 Å². The van der Waals surface area contributed by atoms with Crippen LogP contribution < -0.4 is 5.73 Å². The second-order valence-electron chi connectivity index (χ2n) is 13.9. The molecule has 0 heterocycles. The quantitative estimate of drug-likeness (QED) is 0.555. The first-order chi connectivity index (χ1) is 16.2. The van der Waals surface area contributed by atoms with E-state index in [0.29, 0.717) is 6.42 Å². The second-order valence-corrected chi connectivity index (χ2v) is 13.9. The van der Waals surface area contributed by atoms with Crippen LogP contribution >= 0.6 is 0 Å². The molecule has 0 radical (unpaired) electrons. The normalized spacial score (nSPS) is 48.3. The molecule has 0 bridgehead atoms. The fraction of sp³-hybridized carbons (Fsp3) is 0.733. The van der Waals surface area contributed by atoms with E-state index in [2.05, 4.69) is 33.8 Å². The van der Waals surface area contributed by atoms with Gasteiger partial charge in [-0.05, 0) is 79.1 Å². The summed E-state index contributed by atoms with van der Waals surface area (Å²) >= 11 is 0. The van der Waals surface area contributed by atoms with Crippen molar-refractivity contribution in [2.45, 2.75) is 86.5 Å². The van der Waals surface area contributed by atoms with Crippen molar-refractivity contribution in [3.05, 3.63) is 23.3 Å². The van der Waals surface area contributed by atoms with E-state index < -0.39 is 10.8 Å². The molecule has 0 aromatic rings. The Bertz CT molecular complexity index is 1140. The average Bonchev–Trinajstić information content (AvgIpc) is 2.78. The van der Waals surface area contributed by atoms with E-state index in [1.54, 1.807) is 0 Å². The van der Waals surface area contributed by atoms with Crippen molar-refractivity contribution in [1.82, 2.24) is 0 Å². The second kappa shape index (κ2) is 7.17. The number of allylic oxidation sites excluding steroid dienone is 4. The van der Waals surface area contributed by atoms with Crippen LogP contribution in [0.2, 0.25) is 0 Å². The third kappa shape index (κ3) is 2.89. The first kappa shape index (κ1) is 24.5. The number of carbonyl (C=O) groups is 3. The van der Waals surface area contributed by atoms with Crippen LogP contribution in [-0.4, -0.2) is 17.5 Å². The Kier molecular flexibility index (Phi) is 5.02. The zero-order valence-electron chi connectivity index (χ0n) is 22.2. The number of hydrogen-bond acceptors (Lipinski definition) is 4. The zero-order valence-corrected chi connectivity index (χ0v) is 22.2. The molecule has 188 valence electrons. The van der Waals surface area contributed by atoms with Crippen LogP contribution in [0.4, 0.5) is 0 Å². The van der Waals surface area contributed by atoms with Gasteiger partial charge in [-0.3, -0.25) is 14.4 Å². The Morgan fingerprint density at radius 3 is 2.34 bits per heavy atom. The Morgan fingerprint density at radius 1 is 1.03 bits per heavy atom. The van der Waals surface area contributed by atoms with Gasteiger partial charge in [0, 0.05) is 22.7 Å². The van der Waals surface area contributed by atoms with Crippen molar-refractivity contribution in [2.75, 3.05) is 0 Å². The summed E-state index contributed by atoms with van der Waals surface area (Å²) in [7, 11) is 0. The van der Waals surface area contributed by atoms with Crippen LogP contribution in [0.1, 0.15) is 86.5 Å². The molecule has 5 nitrogen and oxygen atoms in total. The molecule has 5 aliphatic carbocycles. The van der Waals surface area contributed by atoms with Gasteiger partial charge in [0.1, 0.15) is 6.07 Å². The highest BCUT2D eigenvalue weighted by Crippen LogP contribution is 2.73. The Hall–Kier alpha value is -2.22. The standard InChI is InChI=1S/C30H40N2O3/c1-26(2)21-8-10-29(5)22(28(21,4)15-18(16-31)24(26)34)14-20(33)23-19-13-17(25(32)35)7-9-27(19,3)11-12-30(23,29)6/h14-15,17,19,21,23H,7-13H2,1-6H3,(H2,32,35)/t17-,19?,21-,23?,27+,28-,29+,30+/m0/s1. The molecule has 0 saturated heterocycles. The van der Waals surface area contributed by atoms with E-state index in [-0.39, 0.29) is 63.0 Å². The maximum absolute atomic E-state index is 14.2. The molecular formula is C30H40N2O3. The third-order valence-corrected chi connectivity index (χ3v) is 12.2. The van der Waals surface area contributed by atoms with Gasteiger partial charge in [0.25, 0.3) is 0 Å². The number of primary amides is 1. The molecule has 5 aliphatic rings. The average molecular weight is 477 g/mol. The van der Waals surface area contributed by atoms with Crippen molar-refractivity contribution < 1.29 is 14.4 Å². The first-order valence-electron chi connectivity index (χ1n) is 13.4. The number of hydrogen-bond donors (Lipinski definition) is 1. The van der Waals surface area contributed by atoms with Crippen LogP contribution in [0.15, 0.2) is 23.3 Å². The van der Waals surface area contributed by atoms with E-state index in [0.717, 1.165) is 44.1 Å². The lowest BCUT2D eigenvalue weighted by molar-refractivity contribution is -0.166. The van der Waals surface area contributed by atoms with Gasteiger partial charge in [-0.25, -0.2) is 0 Å². The summed E-state index contributed by atoms with van der Waals surface area (Å²) in [5, 5.41) is 9.81. The van der Waals surface area contributed by atoms with Gasteiger partial charge >= 0.3 is 0 Å². The molecule has 0 aromatic heterocycles. The Balaban J connectivity index is 1.67. The number of Topliss-reactive ketones (excluding diaryl/α,β-unsaturated/α-hetero) is 1. The fourth-order valence-corrected chi connectivity index (χ4v) is 9.81. The minimum absolute atomic E-state index is 0.0506. The molecule has 2 unspecified atom stereocenters. The van der Waals surface area contributed by atoms with Crippen molar-refractivity contribution in [1.29, 1.82) is 5.26 Å². The number of nitrogens with two attached hydrogens (primary N) is 1. The maximum Gasteiger partial charge on any atom is 0.220 e. The number of carbonyl (C=O) groups excluding carboxylic acids is 3. The maximum atomic E-state index is 14.2. The van der Waals surface area contributed by atoms with E-state index in [1.165, 1.54) is 0 Å². The summed E-state index contributed by atoms with van der Waals surface area (Å²) in [4.78, 5) is 39.4. The topological polar surface area (TPSA) is 101 Å². The highest BCUT2D eigenvalue weighted by atomic mass is 16.1. The van der Waals surface area contributed by atoms with Crippen LogP contribution in [-0.2, 0) is 14.4 Å². The summed E-state index contributed by atoms with van der Waals surface area (Å²) in [6, 6.07) is 2.17. The van der Waals surface area contributed by atoms with Crippen LogP contribution in [0.5, 0.6) is 0 Å². The number of ketones is 2. The van der Waals surface area contributed by atoms with E-state index in [9.17, 15) is 19.6 Å². The zero-order chi connectivity index (χ0) is 25.8. The number of fused-ring (bicyclic) bond motifs is 7. The summed E-state index contributed by atoms with van der Waals surface area (Å²) in [6.07, 6.45) is 10.1. The Morgan fingerprint density at radius 2 is 1.71 bits per heavy atom. The molecule has 0 aliphatic heterocycles. The van der Waals surface area contributed by atoms with Crippen molar-refractivity contribution >= 4 is 17.5 Å². The molecule has 0 aromatic carbocycles. The van der Waals surface area contributed by atoms with Crippen molar-refractivity contribution in [3.63, 3.8) is 0 Å². The van der Waals surface area contributed by atoms with Gasteiger partial charge in [0.05, 0.1) is 5.57 Å². The predicted molar refractivity (Wildman–Crippen MR) is 133 cm³/mol. The van der Waals surface area contributed by atoms with Crippen molar-refractivity contribution in [3.8, 4) is 6.07 Å². The minimum atomic E-state index is -0.652. The van der Waals surface area contributed by atoms with E-state index in [4.69, 9.17) is 5.73 Å². The number of amides is 1. The predicted octanol–water partition coefficient (Wildman–Crippen LogP) is 5.30. The number of nitrogens with zero attached hydrogens (tertiary/aromatic N) is 1. The van der Waals surface area contributed by atoms with E-state index >= 15 is 0 Å². The number of nitriles is 1. The van der Waals surface area contributed by atoms with Crippen molar-refractivity contribution in [2.24, 2.45) is 56.5 Å². The molecule has 0 spiro atoms. The molecule has 3 fully saturated rings. The van der Waals surface area contributed by atoms with Gasteiger partial charge in [0.2, 0.25) is 5.91 Å². The van der Waals surface area contributed by atoms with Gasteiger partial charge in [-0.2, -0.15) is 5.26 Å². The smallest absolute Gasteiger partial charge is 0.220 e. The van der Waals surface area contributed by atoms with Gasteiger partial charge in [-0.15, -0.1) is 0 Å². The van der Waals surface area contributed by atoms with Gasteiger partial charge < -0.3 is 5.73 Å². The summed E-state index contributed by atoms with van der Waals surface area (Å²) in [6.45, 7) is 13.1. The number of rotatable bonds is 1. The van der Waals surface area contributed by atoms with Gasteiger partial charge in [-0.1, -0.05) is 53.2 Å².